The van der Waals surface area contributed by atoms with Crippen molar-refractivity contribution in [3.8, 4) is 0 Å². The number of amides is 2. The van der Waals surface area contributed by atoms with Crippen molar-refractivity contribution in [1.29, 1.82) is 0 Å². The summed E-state index contributed by atoms with van der Waals surface area (Å²) in [5, 5.41) is 13.6. The van der Waals surface area contributed by atoms with Gasteiger partial charge in [-0.2, -0.15) is 63.5 Å². The van der Waals surface area contributed by atoms with Crippen LogP contribution in [0.1, 0.15) is 103 Å². The predicted octanol–water partition coefficient (Wildman–Crippen LogP) is 2.40. The van der Waals surface area contributed by atoms with E-state index in [4.69, 9.17) is 0 Å². The molecule has 0 fully saturated rings. The number of rotatable bonds is 30. The second kappa shape index (κ2) is 25.5. The van der Waals surface area contributed by atoms with Crippen molar-refractivity contribution < 1.29 is 115 Å². The van der Waals surface area contributed by atoms with E-state index in [-0.39, 0.29) is 96.2 Å². The zero-order chi connectivity index (χ0) is 61.8. The number of carbonyl (C=O) groups is 3. The fraction of sp³-hybridized carbons (Fsp3) is 0.478. The second-order valence-electron chi connectivity index (χ2n) is 19.8. The quantitative estimate of drug-likeness (QED) is 0.0260. The van der Waals surface area contributed by atoms with Crippen LogP contribution in [0.4, 0.5) is 11.4 Å². The molecule has 10 N–H and O–H groups in total. The van der Waals surface area contributed by atoms with E-state index in [0.717, 1.165) is 12.1 Å². The summed E-state index contributed by atoms with van der Waals surface area (Å²) in [5.74, 6) is -7.87. The molecular formula is C46H61N4O25S7+. The first kappa shape index (κ1) is 67.4. The Bertz CT molecular complexity index is 3980. The maximum absolute atomic E-state index is 14.3. The predicted molar refractivity (Wildman–Crippen MR) is 295 cm³/mol. The van der Waals surface area contributed by atoms with Gasteiger partial charge in [0.15, 0.2) is 5.71 Å². The van der Waals surface area contributed by atoms with E-state index in [0.29, 0.717) is 6.07 Å². The molecule has 82 heavy (non-hydrogen) atoms. The molecule has 3 aromatic carbocycles. The molecule has 2 unspecified atom stereocenters. The van der Waals surface area contributed by atoms with Gasteiger partial charge in [0.1, 0.15) is 11.4 Å². The number of allylic oxidation sites excluding steroid dienone is 4. The SMILES string of the molecule is CC1(CCCCCC(=O)O)C(/C=C/C=C2/N(CCCS(=O)(=O)O)c3cc(C(=O)NCCS(=O)(=O)O)cc(C(=O)NCCS(=O)(=O)O)c3C2(C)CCCS(=O)(=O)O)=[N+](CCCS(=O)(=O)O)c2ccc3c(S(=O)(=O)O)cc(S(=O)(=O)O)cc3c21. The number of nitrogens with zero attached hydrogens (tertiary/aromatic N) is 2. The summed E-state index contributed by atoms with van der Waals surface area (Å²) in [4.78, 5) is 39.1. The average molecular weight is 1290 g/mol. The number of fused-ring (bicyclic) bond motifs is 4. The molecule has 2 atom stereocenters. The number of unbranched alkanes of at least 4 members (excludes halogenated alkanes) is 2. The van der Waals surface area contributed by atoms with Crippen molar-refractivity contribution in [1.82, 2.24) is 10.6 Å². The van der Waals surface area contributed by atoms with Gasteiger partial charge in [0.25, 0.3) is 82.6 Å². The van der Waals surface area contributed by atoms with E-state index in [1.807, 2.05) is 0 Å². The molecule has 2 aliphatic rings. The molecule has 2 amide bonds. The monoisotopic (exact) mass is 1290 g/mol. The Balaban J connectivity index is 1.90. The fourth-order valence-electron chi connectivity index (χ4n) is 10.3. The normalized spacial score (nSPS) is 18.6. The van der Waals surface area contributed by atoms with Crippen LogP contribution in [-0.2, 0) is 86.5 Å². The van der Waals surface area contributed by atoms with E-state index in [1.54, 1.807) is 11.5 Å². The van der Waals surface area contributed by atoms with Crippen molar-refractivity contribution in [2.45, 2.75) is 92.3 Å². The number of hydrogen-bond acceptors (Lipinski definition) is 18. The third kappa shape index (κ3) is 17.8. The molecule has 456 valence electrons. The van der Waals surface area contributed by atoms with Crippen molar-refractivity contribution in [3.05, 3.63) is 82.6 Å². The first-order valence-electron chi connectivity index (χ1n) is 24.6. The lowest BCUT2D eigenvalue weighted by Crippen LogP contribution is -2.34. The highest BCUT2D eigenvalue weighted by Crippen LogP contribution is 2.53. The Morgan fingerprint density at radius 1 is 0.585 bits per heavy atom. The number of aliphatic carboxylic acids is 1. The van der Waals surface area contributed by atoms with E-state index < -0.39 is 182 Å². The smallest absolute Gasteiger partial charge is 0.303 e. The van der Waals surface area contributed by atoms with E-state index >= 15 is 0 Å². The van der Waals surface area contributed by atoms with Crippen LogP contribution >= 0.6 is 0 Å². The summed E-state index contributed by atoms with van der Waals surface area (Å²) < 4.78 is 241. The Morgan fingerprint density at radius 3 is 1.68 bits per heavy atom. The average Bonchev–Trinajstić information content (AvgIpc) is 3.89. The zero-order valence-corrected chi connectivity index (χ0v) is 49.4. The van der Waals surface area contributed by atoms with E-state index in [2.05, 4.69) is 10.6 Å². The minimum atomic E-state index is -5.27. The number of hydrogen-bond donors (Lipinski definition) is 10. The lowest BCUT2D eigenvalue weighted by atomic mass is 9.73. The Kier molecular flexibility index (Phi) is 20.9. The minimum absolute atomic E-state index is 0.0206. The highest BCUT2D eigenvalue weighted by Gasteiger charge is 2.50. The van der Waals surface area contributed by atoms with Gasteiger partial charge in [-0.25, -0.2) is 0 Å². The first-order chi connectivity index (χ1) is 37.5. The van der Waals surface area contributed by atoms with Crippen LogP contribution in [0.5, 0.6) is 0 Å². The summed E-state index contributed by atoms with van der Waals surface area (Å²) in [6.07, 6.45) is 3.14. The minimum Gasteiger partial charge on any atom is -0.481 e. The molecule has 3 aromatic rings. The Hall–Kier alpha value is -5.35. The zero-order valence-electron chi connectivity index (χ0n) is 43.7. The van der Waals surface area contributed by atoms with Crippen LogP contribution in [0, 0.1) is 0 Å². The van der Waals surface area contributed by atoms with Crippen LogP contribution < -0.4 is 15.5 Å². The highest BCUT2D eigenvalue weighted by molar-refractivity contribution is 7.87. The topological polar surface area (TPSA) is 482 Å². The van der Waals surface area contributed by atoms with Gasteiger partial charge in [-0.05, 0) is 87.7 Å². The van der Waals surface area contributed by atoms with Gasteiger partial charge in [-0.3, -0.25) is 46.3 Å². The molecule has 0 bridgehead atoms. The van der Waals surface area contributed by atoms with Crippen molar-refractivity contribution in [2.24, 2.45) is 0 Å². The maximum atomic E-state index is 14.3. The lowest BCUT2D eigenvalue weighted by Gasteiger charge is -2.31. The van der Waals surface area contributed by atoms with E-state index in [9.17, 15) is 110 Å². The molecule has 2 aliphatic heterocycles. The molecule has 29 nitrogen and oxygen atoms in total. The van der Waals surface area contributed by atoms with Gasteiger partial charge >= 0.3 is 5.97 Å². The molecule has 0 radical (unpaired) electrons. The number of benzene rings is 3. The summed E-state index contributed by atoms with van der Waals surface area (Å²) >= 11 is 0. The molecule has 0 saturated carbocycles. The van der Waals surface area contributed by atoms with Crippen molar-refractivity contribution in [3.63, 3.8) is 0 Å². The highest BCUT2D eigenvalue weighted by atomic mass is 32.2. The summed E-state index contributed by atoms with van der Waals surface area (Å²) in [7, 11) is -33.9. The van der Waals surface area contributed by atoms with Crippen molar-refractivity contribution >= 4 is 116 Å². The maximum Gasteiger partial charge on any atom is 0.303 e. The van der Waals surface area contributed by atoms with Gasteiger partial charge in [0.2, 0.25) is 5.69 Å². The van der Waals surface area contributed by atoms with E-state index in [1.165, 1.54) is 48.3 Å². The molecule has 5 rings (SSSR count). The largest absolute Gasteiger partial charge is 0.481 e. The van der Waals surface area contributed by atoms with Gasteiger partial charge in [0.05, 0.1) is 39.1 Å². The van der Waals surface area contributed by atoms with Crippen LogP contribution in [0.25, 0.3) is 10.8 Å². The summed E-state index contributed by atoms with van der Waals surface area (Å²) in [6.45, 7) is 1.01. The first-order valence-corrected chi connectivity index (χ1v) is 35.5. The number of carboxylic acids is 1. The fourth-order valence-corrected chi connectivity index (χ4v) is 13.8. The molecule has 36 heteroatoms. The van der Waals surface area contributed by atoms with Gasteiger partial charge < -0.3 is 20.6 Å². The standard InChI is InChI=1S/C46H60N4O25S7/c1-45(15-5-3-4-12-40(51)52)38(49(19-8-22-77(58,59)60)35-14-13-32-33(41(35)45)28-31(81(70,71)72)29-37(32)82(73,74)75)10-6-11-39-46(2,16-7-21-76(55,56)57)42-34(44(54)48-18-25-80(67,68)69)26-30(43(53)47-17-24-79(64,65)66)27-36(42)50(39)20-9-23-78(61,62)63/h6,10-11,13-14,26-29H,3-5,7-9,12,15-25H2,1-2H3,(H9-,47,48,51,52,53,54,55,56,57,58,59,60,61,62,63,64,65,66,67,68,69,70,71,72,73,74,75)/p+1. The number of anilines is 1. The lowest BCUT2D eigenvalue weighted by molar-refractivity contribution is -0.437. The molecule has 2 heterocycles. The number of carboxylic acid groups (broad SMARTS) is 1. The second-order valence-corrected chi connectivity index (χ2v) is 30.5. The van der Waals surface area contributed by atoms with Gasteiger partial charge in [0, 0.05) is 89.1 Å². The number of carbonyl (C=O) groups excluding carboxylic acids is 2. The Morgan fingerprint density at radius 2 is 1.13 bits per heavy atom. The third-order valence-electron chi connectivity index (χ3n) is 13.7. The summed E-state index contributed by atoms with van der Waals surface area (Å²) in [6, 6.07) is 6.25. The van der Waals surface area contributed by atoms with Crippen molar-refractivity contribution in [2.75, 3.05) is 59.8 Å². The van der Waals surface area contributed by atoms with Crippen LogP contribution in [-0.4, -0.2) is 179 Å². The molecule has 0 aliphatic carbocycles. The third-order valence-corrected chi connectivity index (χ3v) is 19.2. The Labute approximate surface area is 473 Å². The number of nitrogens with one attached hydrogen (secondary N) is 2. The van der Waals surface area contributed by atoms with Crippen LogP contribution in [0.2, 0.25) is 0 Å². The van der Waals surface area contributed by atoms with Gasteiger partial charge in [-0.15, -0.1) is 0 Å². The van der Waals surface area contributed by atoms with Crippen LogP contribution in [0.15, 0.2) is 70.1 Å². The van der Waals surface area contributed by atoms with Crippen LogP contribution in [0.3, 0.4) is 0 Å². The molecule has 0 spiro atoms. The molecule has 0 saturated heterocycles. The molecular weight excluding hydrogens is 1230 g/mol. The molecule has 0 aromatic heterocycles. The van der Waals surface area contributed by atoms with Gasteiger partial charge in [-0.1, -0.05) is 18.9 Å². The summed E-state index contributed by atoms with van der Waals surface area (Å²) in [5.41, 5.74) is -3.50.